The van der Waals surface area contributed by atoms with E-state index in [1.807, 2.05) is 0 Å². The highest BCUT2D eigenvalue weighted by atomic mass is 19.3. The van der Waals surface area contributed by atoms with Crippen molar-refractivity contribution in [1.82, 2.24) is 0 Å². The van der Waals surface area contributed by atoms with Gasteiger partial charge in [0.15, 0.2) is 0 Å². The molecule has 1 aromatic carbocycles. The Morgan fingerprint density at radius 2 is 2.00 bits per heavy atom. The normalized spacial score (nSPS) is 17.7. The number of alkyl halides is 2. The average Bonchev–Trinajstić information content (AvgIpc) is 2.45. The number of nitro benzene ring substituents is 1. The van der Waals surface area contributed by atoms with Gasteiger partial charge in [-0.05, 0) is 18.9 Å². The number of halogens is 2. The quantitative estimate of drug-likeness (QED) is 0.666. The first-order valence-electron chi connectivity index (χ1n) is 6.89. The Kier molecular flexibility index (Phi) is 4.72. The van der Waals surface area contributed by atoms with Crippen molar-refractivity contribution in [2.45, 2.75) is 44.1 Å². The molecule has 7 heteroatoms. The van der Waals surface area contributed by atoms with Crippen LogP contribution in [-0.4, -0.2) is 17.1 Å². The SMILES string of the molecule is NC1(COc2ccc([N+](=O)[O-])cc2C(F)F)CCCCC1. The molecular weight excluding hydrogens is 282 g/mol. The maximum atomic E-state index is 13.0. The topological polar surface area (TPSA) is 78.4 Å². The minimum absolute atomic E-state index is 0.0361. The molecule has 0 heterocycles. The summed E-state index contributed by atoms with van der Waals surface area (Å²) in [5.74, 6) is -0.0361. The molecule has 2 rings (SSSR count). The van der Waals surface area contributed by atoms with Crippen LogP contribution < -0.4 is 10.5 Å². The Bertz CT molecular complexity index is 517. The van der Waals surface area contributed by atoms with E-state index in [2.05, 4.69) is 0 Å². The van der Waals surface area contributed by atoms with Gasteiger partial charge in [0.1, 0.15) is 12.4 Å². The van der Waals surface area contributed by atoms with Crippen molar-refractivity contribution < 1.29 is 18.4 Å². The van der Waals surface area contributed by atoms with E-state index >= 15 is 0 Å². The zero-order chi connectivity index (χ0) is 15.5. The van der Waals surface area contributed by atoms with E-state index in [4.69, 9.17) is 10.5 Å². The van der Waals surface area contributed by atoms with Crippen molar-refractivity contribution >= 4 is 5.69 Å². The van der Waals surface area contributed by atoms with Crippen LogP contribution in [-0.2, 0) is 0 Å². The van der Waals surface area contributed by atoms with Gasteiger partial charge in [-0.25, -0.2) is 8.78 Å². The van der Waals surface area contributed by atoms with Crippen LogP contribution in [0.15, 0.2) is 18.2 Å². The maximum absolute atomic E-state index is 13.0. The fourth-order valence-corrected chi connectivity index (χ4v) is 2.57. The van der Waals surface area contributed by atoms with E-state index in [1.54, 1.807) is 0 Å². The summed E-state index contributed by atoms with van der Waals surface area (Å²) in [6.45, 7) is 0.143. The first kappa shape index (κ1) is 15.6. The van der Waals surface area contributed by atoms with E-state index in [0.717, 1.165) is 44.2 Å². The van der Waals surface area contributed by atoms with Crippen LogP contribution in [0.4, 0.5) is 14.5 Å². The van der Waals surface area contributed by atoms with Gasteiger partial charge in [-0.2, -0.15) is 0 Å². The molecule has 21 heavy (non-hydrogen) atoms. The molecular formula is C14H18F2N2O3. The zero-order valence-corrected chi connectivity index (χ0v) is 11.6. The second-order valence-electron chi connectivity index (χ2n) is 5.49. The van der Waals surface area contributed by atoms with Crippen molar-refractivity contribution in [2.24, 2.45) is 5.73 Å². The van der Waals surface area contributed by atoms with Crippen molar-refractivity contribution in [1.29, 1.82) is 0 Å². The smallest absolute Gasteiger partial charge is 0.270 e. The minimum atomic E-state index is -2.83. The summed E-state index contributed by atoms with van der Waals surface area (Å²) in [4.78, 5) is 9.94. The standard InChI is InChI=1S/C14H18F2N2O3/c15-13(16)11-8-10(18(19)20)4-5-12(11)21-9-14(17)6-2-1-3-7-14/h4-5,8,13H,1-3,6-7,9,17H2. The Balaban J connectivity index is 2.13. The van der Waals surface area contributed by atoms with Crippen LogP contribution in [0.25, 0.3) is 0 Å². The molecule has 116 valence electrons. The molecule has 0 aliphatic heterocycles. The third-order valence-corrected chi connectivity index (χ3v) is 3.80. The van der Waals surface area contributed by atoms with Gasteiger partial charge >= 0.3 is 0 Å². The lowest BCUT2D eigenvalue weighted by Crippen LogP contribution is -2.47. The molecule has 0 unspecified atom stereocenters. The van der Waals surface area contributed by atoms with Gasteiger partial charge < -0.3 is 10.5 Å². The fourth-order valence-electron chi connectivity index (χ4n) is 2.57. The summed E-state index contributed by atoms with van der Waals surface area (Å²) in [7, 11) is 0. The first-order valence-corrected chi connectivity index (χ1v) is 6.89. The molecule has 0 spiro atoms. The Labute approximate surface area is 121 Å². The summed E-state index contributed by atoms with van der Waals surface area (Å²) >= 11 is 0. The predicted molar refractivity (Wildman–Crippen MR) is 73.6 cm³/mol. The summed E-state index contributed by atoms with van der Waals surface area (Å²) in [5, 5.41) is 10.6. The molecule has 1 fully saturated rings. The van der Waals surface area contributed by atoms with Crippen LogP contribution >= 0.6 is 0 Å². The predicted octanol–water partition coefficient (Wildman–Crippen LogP) is 3.57. The molecule has 0 saturated heterocycles. The number of rotatable bonds is 5. The Hall–Kier alpha value is -1.76. The molecule has 0 amide bonds. The van der Waals surface area contributed by atoms with Crippen LogP contribution in [0.1, 0.15) is 44.1 Å². The Morgan fingerprint density at radius 3 is 2.57 bits per heavy atom. The lowest BCUT2D eigenvalue weighted by molar-refractivity contribution is -0.385. The molecule has 0 bridgehead atoms. The van der Waals surface area contributed by atoms with Crippen LogP contribution in [0.3, 0.4) is 0 Å². The monoisotopic (exact) mass is 300 g/mol. The lowest BCUT2D eigenvalue weighted by Gasteiger charge is -2.33. The number of hydrogen-bond donors (Lipinski definition) is 1. The second kappa shape index (κ2) is 6.34. The third-order valence-electron chi connectivity index (χ3n) is 3.80. The van der Waals surface area contributed by atoms with E-state index in [-0.39, 0.29) is 18.0 Å². The van der Waals surface area contributed by atoms with Crippen LogP contribution in [0.2, 0.25) is 0 Å². The van der Waals surface area contributed by atoms with E-state index in [1.165, 1.54) is 6.07 Å². The van der Waals surface area contributed by atoms with E-state index < -0.39 is 22.5 Å². The molecule has 1 aliphatic rings. The van der Waals surface area contributed by atoms with Crippen molar-refractivity contribution in [3.05, 3.63) is 33.9 Å². The highest BCUT2D eigenvalue weighted by molar-refractivity contribution is 5.44. The minimum Gasteiger partial charge on any atom is -0.491 e. The molecule has 0 aromatic heterocycles. The lowest BCUT2D eigenvalue weighted by atomic mass is 9.83. The van der Waals surface area contributed by atoms with Gasteiger partial charge in [0.05, 0.1) is 16.0 Å². The van der Waals surface area contributed by atoms with Gasteiger partial charge in [0.25, 0.3) is 12.1 Å². The van der Waals surface area contributed by atoms with E-state index in [9.17, 15) is 18.9 Å². The van der Waals surface area contributed by atoms with Gasteiger partial charge in [-0.1, -0.05) is 19.3 Å². The number of nitrogens with zero attached hydrogens (tertiary/aromatic N) is 1. The summed E-state index contributed by atoms with van der Waals surface area (Å²) in [6, 6.07) is 3.22. The number of nitro groups is 1. The van der Waals surface area contributed by atoms with Gasteiger partial charge in [0, 0.05) is 12.1 Å². The molecule has 1 aromatic rings. The van der Waals surface area contributed by atoms with Gasteiger partial charge in [0.2, 0.25) is 0 Å². The molecule has 1 aliphatic carbocycles. The molecule has 0 atom stereocenters. The number of ether oxygens (including phenoxy) is 1. The molecule has 2 N–H and O–H groups in total. The number of non-ortho nitro benzene ring substituents is 1. The summed E-state index contributed by atoms with van der Waals surface area (Å²) < 4.78 is 31.4. The summed E-state index contributed by atoms with van der Waals surface area (Å²) in [6.07, 6.45) is 1.89. The second-order valence-corrected chi connectivity index (χ2v) is 5.49. The maximum Gasteiger partial charge on any atom is 0.270 e. The number of benzene rings is 1. The number of hydrogen-bond acceptors (Lipinski definition) is 4. The largest absolute Gasteiger partial charge is 0.491 e. The van der Waals surface area contributed by atoms with Gasteiger partial charge in [-0.15, -0.1) is 0 Å². The average molecular weight is 300 g/mol. The van der Waals surface area contributed by atoms with Crippen molar-refractivity contribution in [3.63, 3.8) is 0 Å². The molecule has 1 saturated carbocycles. The van der Waals surface area contributed by atoms with Crippen LogP contribution in [0, 0.1) is 10.1 Å². The zero-order valence-electron chi connectivity index (χ0n) is 11.6. The molecule has 0 radical (unpaired) electrons. The van der Waals surface area contributed by atoms with Crippen molar-refractivity contribution in [2.75, 3.05) is 6.61 Å². The van der Waals surface area contributed by atoms with Gasteiger partial charge in [-0.3, -0.25) is 10.1 Å². The number of nitrogens with two attached hydrogens (primary N) is 1. The first-order chi connectivity index (χ1) is 9.91. The third kappa shape index (κ3) is 3.87. The summed E-state index contributed by atoms with van der Waals surface area (Å²) in [5.41, 5.74) is 4.84. The molecule has 5 nitrogen and oxygen atoms in total. The Morgan fingerprint density at radius 1 is 1.33 bits per heavy atom. The highest BCUT2D eigenvalue weighted by Gasteiger charge is 2.29. The van der Waals surface area contributed by atoms with E-state index in [0.29, 0.717) is 0 Å². The fraction of sp³-hybridized carbons (Fsp3) is 0.571. The van der Waals surface area contributed by atoms with Crippen LogP contribution in [0.5, 0.6) is 5.75 Å². The highest BCUT2D eigenvalue weighted by Crippen LogP contribution is 2.34. The van der Waals surface area contributed by atoms with Crippen molar-refractivity contribution in [3.8, 4) is 5.75 Å².